The molecule has 0 heterocycles. The van der Waals surface area contributed by atoms with E-state index in [0.717, 1.165) is 27.5 Å². The number of phenols is 1. The van der Waals surface area contributed by atoms with Crippen LogP contribution in [0.15, 0.2) is 77.8 Å². The molecule has 0 radical (unpaired) electrons. The lowest BCUT2D eigenvalue weighted by Crippen LogP contribution is -2.27. The van der Waals surface area contributed by atoms with Gasteiger partial charge >= 0.3 is 0 Å². The summed E-state index contributed by atoms with van der Waals surface area (Å²) < 4.78 is 0. The highest BCUT2D eigenvalue weighted by molar-refractivity contribution is 6.43. The highest BCUT2D eigenvalue weighted by Gasteiger charge is 2.69. The Morgan fingerprint density at radius 1 is 0.861 bits per heavy atom. The lowest BCUT2D eigenvalue weighted by atomic mass is 9.71. The lowest BCUT2D eigenvalue weighted by molar-refractivity contribution is -0.111. The third-order valence-corrected chi connectivity index (χ3v) is 9.12. The Labute approximate surface area is 210 Å². The van der Waals surface area contributed by atoms with Gasteiger partial charge in [-0.05, 0) is 56.9 Å². The summed E-state index contributed by atoms with van der Waals surface area (Å²) in [6.07, 6.45) is 1.87. The van der Waals surface area contributed by atoms with Gasteiger partial charge in [-0.2, -0.15) is 0 Å². The quantitative estimate of drug-likeness (QED) is 0.337. The van der Waals surface area contributed by atoms with Gasteiger partial charge in [0, 0.05) is 16.6 Å². The molecule has 0 amide bonds. The van der Waals surface area contributed by atoms with E-state index in [1.807, 2.05) is 48.5 Å². The highest BCUT2D eigenvalue weighted by Crippen LogP contribution is 2.72. The van der Waals surface area contributed by atoms with Gasteiger partial charge in [0.2, 0.25) is 5.78 Å². The summed E-state index contributed by atoms with van der Waals surface area (Å²) in [6.45, 7) is 10.7. The minimum Gasteiger partial charge on any atom is -0.508 e. The monoisotopic (exact) mass is 478 g/mol. The van der Waals surface area contributed by atoms with Crippen molar-refractivity contribution in [3.8, 4) is 5.75 Å². The van der Waals surface area contributed by atoms with Crippen LogP contribution in [0, 0.1) is 11.3 Å². The van der Waals surface area contributed by atoms with Crippen LogP contribution in [-0.4, -0.2) is 21.1 Å². The smallest absolute Gasteiger partial charge is 0.202 e. The number of rotatable bonds is 2. The van der Waals surface area contributed by atoms with Crippen molar-refractivity contribution >= 4 is 27.7 Å². The van der Waals surface area contributed by atoms with E-state index in [-0.39, 0.29) is 50.9 Å². The predicted octanol–water partition coefficient (Wildman–Crippen LogP) is 7.34. The summed E-state index contributed by atoms with van der Waals surface area (Å²) in [6, 6.07) is 17.1. The van der Waals surface area contributed by atoms with Gasteiger partial charge in [-0.25, -0.2) is 0 Å². The van der Waals surface area contributed by atoms with Crippen LogP contribution in [0.1, 0.15) is 62.8 Å². The maximum absolute atomic E-state index is 13.7. The summed E-state index contributed by atoms with van der Waals surface area (Å²) in [7, 11) is 0. The van der Waals surface area contributed by atoms with Crippen molar-refractivity contribution in [3.05, 3.63) is 100 Å². The molecular formula is C32H30O4. The van der Waals surface area contributed by atoms with Gasteiger partial charge in [0.1, 0.15) is 17.3 Å². The Kier molecular flexibility index (Phi) is 4.49. The number of hydrogen-bond acceptors (Lipinski definition) is 4. The Morgan fingerprint density at radius 3 is 2.08 bits per heavy atom. The van der Waals surface area contributed by atoms with E-state index < -0.39 is 0 Å². The molecule has 1 fully saturated rings. The molecule has 36 heavy (non-hydrogen) atoms. The molecule has 3 N–H and O–H groups in total. The number of hydrogen-bond donors (Lipinski definition) is 3. The molecule has 3 aliphatic carbocycles. The molecule has 1 saturated carbocycles. The van der Waals surface area contributed by atoms with Crippen molar-refractivity contribution in [1.82, 2.24) is 0 Å². The molecule has 0 aromatic heterocycles. The number of aliphatic hydroxyl groups excluding tert-OH is 2. The Hall–Kier alpha value is -3.79. The number of phenolic OH excluding ortho intramolecular Hbond substituents is 1. The number of benzene rings is 3. The van der Waals surface area contributed by atoms with Gasteiger partial charge in [-0.15, -0.1) is 0 Å². The molecule has 2 atom stereocenters. The molecule has 2 unspecified atom stereocenters. The van der Waals surface area contributed by atoms with Crippen molar-refractivity contribution in [2.24, 2.45) is 11.3 Å². The second kappa shape index (κ2) is 7.13. The van der Waals surface area contributed by atoms with Crippen LogP contribution in [0.4, 0.5) is 0 Å². The molecule has 3 aromatic rings. The summed E-state index contributed by atoms with van der Waals surface area (Å²) in [5, 5.41) is 35.2. The minimum absolute atomic E-state index is 0.0179. The Balaban J connectivity index is 1.60. The molecule has 1 spiro atoms. The van der Waals surface area contributed by atoms with E-state index >= 15 is 0 Å². The molecular weight excluding hydrogens is 448 g/mol. The van der Waals surface area contributed by atoms with E-state index in [1.54, 1.807) is 6.07 Å². The largest absolute Gasteiger partial charge is 0.508 e. The van der Waals surface area contributed by atoms with Crippen LogP contribution in [-0.2, 0) is 10.2 Å². The molecule has 0 saturated heterocycles. The van der Waals surface area contributed by atoms with Gasteiger partial charge in [0.25, 0.3) is 0 Å². The number of carbonyl (C=O) groups is 1. The van der Waals surface area contributed by atoms with E-state index in [1.165, 1.54) is 0 Å². The van der Waals surface area contributed by atoms with Gasteiger partial charge in [0.05, 0.1) is 11.1 Å². The molecule has 4 heteroatoms. The van der Waals surface area contributed by atoms with Gasteiger partial charge in [0.15, 0.2) is 0 Å². The van der Waals surface area contributed by atoms with Crippen LogP contribution in [0.25, 0.3) is 21.9 Å². The molecule has 3 aliphatic rings. The molecule has 4 nitrogen and oxygen atoms in total. The molecule has 3 aromatic carbocycles. The van der Waals surface area contributed by atoms with Crippen molar-refractivity contribution in [3.63, 3.8) is 0 Å². The van der Waals surface area contributed by atoms with E-state index in [4.69, 9.17) is 0 Å². The summed E-state index contributed by atoms with van der Waals surface area (Å²) in [5.41, 5.74) is 3.35. The number of allylic oxidation sites excluding steroid dienone is 4. The topological polar surface area (TPSA) is 77.8 Å². The van der Waals surface area contributed by atoms with E-state index in [2.05, 4.69) is 40.7 Å². The standard InChI is InChI=1S/C32H30O4/c1-16(2)21-14-23(33)25(19-11-7-6-10-18(19)21)27-29(35)28(30(27)36)26-20-12-8-9-13-22(20)32(15-24(26)34)17(3)31(32,4)5/h6-17,33-35H,1-5H3/b28-26+. The average Bonchev–Trinajstić information content (AvgIpc) is 3.27. The van der Waals surface area contributed by atoms with Gasteiger partial charge in [-0.1, -0.05) is 83.1 Å². The van der Waals surface area contributed by atoms with E-state index in [0.29, 0.717) is 17.1 Å². The zero-order chi connectivity index (χ0) is 25.7. The first-order valence-electron chi connectivity index (χ1n) is 12.5. The summed E-state index contributed by atoms with van der Waals surface area (Å²) in [4.78, 5) is 13.7. The Morgan fingerprint density at radius 2 is 1.47 bits per heavy atom. The number of ketones is 1. The van der Waals surface area contributed by atoms with E-state index in [9.17, 15) is 20.1 Å². The zero-order valence-electron chi connectivity index (χ0n) is 21.2. The maximum atomic E-state index is 13.7. The second-order valence-corrected chi connectivity index (χ2v) is 11.3. The normalized spacial score (nSPS) is 26.3. The summed E-state index contributed by atoms with van der Waals surface area (Å²) >= 11 is 0. The first-order chi connectivity index (χ1) is 17.0. The van der Waals surface area contributed by atoms with Crippen LogP contribution < -0.4 is 0 Å². The number of carbonyl (C=O) groups excluding carboxylic acids is 1. The van der Waals surface area contributed by atoms with Crippen LogP contribution >= 0.6 is 0 Å². The maximum Gasteiger partial charge on any atom is 0.202 e. The fraction of sp³-hybridized carbons (Fsp3) is 0.281. The first-order valence-corrected chi connectivity index (χ1v) is 12.5. The second-order valence-electron chi connectivity index (χ2n) is 11.3. The lowest BCUT2D eigenvalue weighted by Gasteiger charge is -2.32. The number of aliphatic hydroxyl groups is 2. The highest BCUT2D eigenvalue weighted by atomic mass is 16.3. The molecule has 0 aliphatic heterocycles. The van der Waals surface area contributed by atoms with Crippen molar-refractivity contribution in [2.45, 2.75) is 46.0 Å². The Bertz CT molecular complexity index is 1600. The molecule has 0 bridgehead atoms. The summed E-state index contributed by atoms with van der Waals surface area (Å²) in [5.74, 6) is -0.0959. The fourth-order valence-electron chi connectivity index (χ4n) is 6.77. The number of aromatic hydroxyl groups is 1. The van der Waals surface area contributed by atoms with Crippen LogP contribution in [0.5, 0.6) is 5.75 Å². The molecule has 182 valence electrons. The van der Waals surface area contributed by atoms with Crippen molar-refractivity contribution in [1.29, 1.82) is 0 Å². The third kappa shape index (κ3) is 2.57. The van der Waals surface area contributed by atoms with Crippen LogP contribution in [0.2, 0.25) is 0 Å². The van der Waals surface area contributed by atoms with Crippen molar-refractivity contribution < 1.29 is 20.1 Å². The average molecular weight is 479 g/mol. The fourth-order valence-corrected chi connectivity index (χ4v) is 6.77. The third-order valence-electron chi connectivity index (χ3n) is 9.12. The molecule has 6 rings (SSSR count). The predicted molar refractivity (Wildman–Crippen MR) is 143 cm³/mol. The number of Topliss-reactive ketones (excluding diaryl/α,β-unsaturated/α-hetero) is 1. The van der Waals surface area contributed by atoms with Gasteiger partial charge < -0.3 is 15.3 Å². The first kappa shape index (κ1) is 22.7. The minimum atomic E-state index is -0.381. The van der Waals surface area contributed by atoms with Crippen LogP contribution in [0.3, 0.4) is 0 Å². The zero-order valence-corrected chi connectivity index (χ0v) is 21.2. The SMILES string of the molecule is CC(C)c1cc(O)c(C2=C(O)/C(=C3\C(O)=CC4(c5ccccc53)C(C)C4(C)C)C2=O)c2ccccc12. The van der Waals surface area contributed by atoms with Gasteiger partial charge in [-0.3, -0.25) is 4.79 Å². The van der Waals surface area contributed by atoms with Crippen molar-refractivity contribution in [2.75, 3.05) is 0 Å². The number of fused-ring (bicyclic) bond motifs is 3.